The maximum atomic E-state index is 12.5. The quantitative estimate of drug-likeness (QED) is 0.303. The summed E-state index contributed by atoms with van der Waals surface area (Å²) in [5.41, 5.74) is 0.958. The van der Waals surface area contributed by atoms with Gasteiger partial charge in [0.05, 0.1) is 37.0 Å². The number of hydrogen-bond donors (Lipinski definition) is 2. The summed E-state index contributed by atoms with van der Waals surface area (Å²) in [6.45, 7) is 3.25. The molecule has 2 unspecified atom stereocenters. The van der Waals surface area contributed by atoms with Crippen LogP contribution in [0.15, 0.2) is 24.3 Å². The van der Waals surface area contributed by atoms with Crippen LogP contribution in [0.4, 0.5) is 0 Å². The predicted molar refractivity (Wildman–Crippen MR) is 103 cm³/mol. The van der Waals surface area contributed by atoms with Gasteiger partial charge in [0.25, 0.3) is 5.91 Å². The third-order valence-electron chi connectivity index (χ3n) is 3.70. The minimum Gasteiger partial charge on any atom is -0.366 e. The van der Waals surface area contributed by atoms with E-state index in [-0.39, 0.29) is 37.9 Å². The van der Waals surface area contributed by atoms with Crippen LogP contribution >= 0.6 is 12.6 Å². The molecule has 0 aliphatic rings. The van der Waals surface area contributed by atoms with Crippen molar-refractivity contribution in [1.82, 2.24) is 5.32 Å². The number of nitrogens with zero attached hydrogens (tertiary/aromatic N) is 2. The van der Waals surface area contributed by atoms with Crippen LogP contribution in [0.1, 0.15) is 29.3 Å². The van der Waals surface area contributed by atoms with E-state index in [4.69, 9.17) is 24.7 Å². The van der Waals surface area contributed by atoms with Crippen LogP contribution in [0.3, 0.4) is 0 Å². The molecule has 1 N–H and O–H groups in total. The summed E-state index contributed by atoms with van der Waals surface area (Å²) in [6, 6.07) is 10.1. The highest BCUT2D eigenvalue weighted by Gasteiger charge is 2.19. The molecule has 0 aromatic heterocycles. The highest BCUT2D eigenvalue weighted by Crippen LogP contribution is 2.12. The van der Waals surface area contributed by atoms with Crippen molar-refractivity contribution in [1.29, 1.82) is 10.5 Å². The molecule has 1 amide bonds. The van der Waals surface area contributed by atoms with Crippen molar-refractivity contribution >= 4 is 18.5 Å². The summed E-state index contributed by atoms with van der Waals surface area (Å²) in [4.78, 5) is 12.5. The Kier molecular flexibility index (Phi) is 11.9. The van der Waals surface area contributed by atoms with Gasteiger partial charge in [-0.05, 0) is 49.3 Å². The predicted octanol–water partition coefficient (Wildman–Crippen LogP) is 2.14. The van der Waals surface area contributed by atoms with Crippen LogP contribution in [-0.2, 0) is 14.2 Å². The monoisotopic (exact) mass is 391 g/mol. The number of amides is 1. The molecule has 1 aromatic rings. The van der Waals surface area contributed by atoms with E-state index in [0.717, 1.165) is 0 Å². The molecule has 0 heterocycles. The van der Waals surface area contributed by atoms with E-state index >= 15 is 0 Å². The van der Waals surface area contributed by atoms with E-state index in [1.807, 2.05) is 19.1 Å². The number of nitrogens with one attached hydrogen (secondary N) is 1. The molecule has 0 bridgehead atoms. The molecular formula is C19H25N3O4S. The number of carbonyl (C=O) groups is 1. The maximum absolute atomic E-state index is 12.5. The van der Waals surface area contributed by atoms with Gasteiger partial charge in [0.15, 0.2) is 0 Å². The van der Waals surface area contributed by atoms with Crippen LogP contribution in [-0.4, -0.2) is 50.9 Å². The van der Waals surface area contributed by atoms with E-state index in [1.54, 1.807) is 24.3 Å². The fraction of sp³-hybridized carbons (Fsp3) is 0.526. The zero-order valence-electron chi connectivity index (χ0n) is 15.4. The molecule has 0 aliphatic heterocycles. The maximum Gasteiger partial charge on any atom is 0.251 e. The average molecular weight is 391 g/mol. The van der Waals surface area contributed by atoms with Crippen LogP contribution in [0, 0.1) is 28.6 Å². The fourth-order valence-electron chi connectivity index (χ4n) is 2.34. The number of nitriles is 2. The second-order valence-electron chi connectivity index (χ2n) is 5.80. The molecule has 27 heavy (non-hydrogen) atoms. The zero-order valence-corrected chi connectivity index (χ0v) is 16.3. The molecule has 8 heteroatoms. The first kappa shape index (κ1) is 22.9. The summed E-state index contributed by atoms with van der Waals surface area (Å²) in [5.74, 6) is 0.365. The minimum atomic E-state index is -0.267. The smallest absolute Gasteiger partial charge is 0.251 e. The van der Waals surface area contributed by atoms with Crippen molar-refractivity contribution in [3.63, 3.8) is 0 Å². The molecule has 2 atom stereocenters. The highest BCUT2D eigenvalue weighted by molar-refractivity contribution is 7.80. The summed E-state index contributed by atoms with van der Waals surface area (Å²) in [5, 5.41) is 20.4. The van der Waals surface area contributed by atoms with E-state index in [0.29, 0.717) is 36.5 Å². The molecule has 1 rings (SSSR count). The second kappa shape index (κ2) is 14.0. The Morgan fingerprint density at radius 3 is 2.52 bits per heavy atom. The standard InChI is InChI=1S/C19H25N3O4S/c1-2-24-14-26-12-18(9-16(13-27)11-25-8-7-20)22-19(23)17-5-3-15(10-21)4-6-17/h3-6,16,18,27H,2,8-9,11-14H2,1H3,(H,22,23). The Labute approximate surface area is 165 Å². The molecule has 0 spiro atoms. The van der Waals surface area contributed by atoms with E-state index in [2.05, 4.69) is 17.9 Å². The van der Waals surface area contributed by atoms with Crippen molar-refractivity contribution in [3.05, 3.63) is 35.4 Å². The lowest BCUT2D eigenvalue weighted by Gasteiger charge is -2.23. The number of thiol groups is 1. The van der Waals surface area contributed by atoms with Crippen molar-refractivity contribution in [2.45, 2.75) is 19.4 Å². The van der Waals surface area contributed by atoms with Crippen molar-refractivity contribution in [3.8, 4) is 12.1 Å². The molecule has 0 radical (unpaired) electrons. The molecular weight excluding hydrogens is 366 g/mol. The lowest BCUT2D eigenvalue weighted by molar-refractivity contribution is -0.0569. The van der Waals surface area contributed by atoms with E-state index < -0.39 is 0 Å². The Bertz CT molecular complexity index is 640. The van der Waals surface area contributed by atoms with Gasteiger partial charge < -0.3 is 19.5 Å². The normalized spacial score (nSPS) is 12.6. The molecule has 0 fully saturated rings. The fourth-order valence-corrected chi connectivity index (χ4v) is 2.59. The van der Waals surface area contributed by atoms with Gasteiger partial charge in [-0.1, -0.05) is 0 Å². The number of hydrogen-bond acceptors (Lipinski definition) is 7. The van der Waals surface area contributed by atoms with Crippen LogP contribution in [0.25, 0.3) is 0 Å². The molecule has 0 saturated heterocycles. The first-order valence-corrected chi connectivity index (χ1v) is 9.29. The van der Waals surface area contributed by atoms with E-state index in [9.17, 15) is 4.79 Å². The number of ether oxygens (including phenoxy) is 3. The van der Waals surface area contributed by atoms with Gasteiger partial charge in [-0.25, -0.2) is 0 Å². The van der Waals surface area contributed by atoms with Crippen molar-refractivity contribution in [2.75, 3.05) is 39.0 Å². The number of rotatable bonds is 13. The summed E-state index contributed by atoms with van der Waals surface area (Å²) in [6.07, 6.45) is 0.586. The minimum absolute atomic E-state index is 0.0212. The lowest BCUT2D eigenvalue weighted by atomic mass is 10.0. The SMILES string of the molecule is CCOCOCC(CC(CS)COCC#N)NC(=O)c1ccc(C#N)cc1. The van der Waals surface area contributed by atoms with Gasteiger partial charge in [0.1, 0.15) is 13.4 Å². The second-order valence-corrected chi connectivity index (χ2v) is 6.16. The van der Waals surface area contributed by atoms with Crippen LogP contribution in [0.2, 0.25) is 0 Å². The third kappa shape index (κ3) is 9.41. The molecule has 146 valence electrons. The highest BCUT2D eigenvalue weighted by atomic mass is 32.1. The van der Waals surface area contributed by atoms with Gasteiger partial charge in [0.2, 0.25) is 0 Å². The van der Waals surface area contributed by atoms with Crippen molar-refractivity contribution in [2.24, 2.45) is 5.92 Å². The third-order valence-corrected chi connectivity index (χ3v) is 4.21. The van der Waals surface area contributed by atoms with Crippen LogP contribution < -0.4 is 5.32 Å². The van der Waals surface area contributed by atoms with E-state index in [1.165, 1.54) is 0 Å². The number of carbonyl (C=O) groups excluding carboxylic acids is 1. The molecule has 0 saturated carbocycles. The van der Waals surface area contributed by atoms with Gasteiger partial charge >= 0.3 is 0 Å². The van der Waals surface area contributed by atoms with Gasteiger partial charge in [-0.3, -0.25) is 4.79 Å². The largest absolute Gasteiger partial charge is 0.366 e. The van der Waals surface area contributed by atoms with Gasteiger partial charge in [0, 0.05) is 12.2 Å². The van der Waals surface area contributed by atoms with Gasteiger partial charge in [-0.2, -0.15) is 23.2 Å². The summed E-state index contributed by atoms with van der Waals surface area (Å²) in [7, 11) is 0. The van der Waals surface area contributed by atoms with Gasteiger partial charge in [-0.15, -0.1) is 0 Å². The molecule has 1 aromatic carbocycles. The first-order chi connectivity index (χ1) is 13.1. The van der Waals surface area contributed by atoms with Crippen molar-refractivity contribution < 1.29 is 19.0 Å². The summed E-state index contributed by atoms with van der Waals surface area (Å²) < 4.78 is 15.9. The Morgan fingerprint density at radius 1 is 1.19 bits per heavy atom. The summed E-state index contributed by atoms with van der Waals surface area (Å²) >= 11 is 4.33. The Hall–Kier alpha value is -2.10. The lowest BCUT2D eigenvalue weighted by Crippen LogP contribution is -2.40. The Balaban J connectivity index is 2.69. The first-order valence-electron chi connectivity index (χ1n) is 8.66. The Morgan fingerprint density at radius 2 is 1.93 bits per heavy atom. The molecule has 7 nitrogen and oxygen atoms in total. The number of benzene rings is 1. The zero-order chi connectivity index (χ0) is 19.9. The average Bonchev–Trinajstić information content (AvgIpc) is 2.70. The molecule has 0 aliphatic carbocycles. The topological polar surface area (TPSA) is 104 Å². The van der Waals surface area contributed by atoms with Crippen LogP contribution in [0.5, 0.6) is 0 Å².